The van der Waals surface area contributed by atoms with Crippen molar-refractivity contribution < 1.29 is 8.78 Å². The Morgan fingerprint density at radius 1 is 0.962 bits per heavy atom. The molecule has 2 fully saturated rings. The van der Waals surface area contributed by atoms with Gasteiger partial charge >= 0.3 is 0 Å². The molecule has 1 aromatic heterocycles. The van der Waals surface area contributed by atoms with Crippen molar-refractivity contribution >= 4 is 0 Å². The number of aromatic nitrogens is 1. The van der Waals surface area contributed by atoms with Crippen molar-refractivity contribution in [3.63, 3.8) is 0 Å². The molecule has 3 nitrogen and oxygen atoms in total. The van der Waals surface area contributed by atoms with E-state index in [0.717, 1.165) is 39.1 Å². The zero-order valence-electron chi connectivity index (χ0n) is 15.0. The molecule has 0 amide bonds. The lowest BCUT2D eigenvalue weighted by Gasteiger charge is -2.40. The molecule has 2 saturated heterocycles. The van der Waals surface area contributed by atoms with Gasteiger partial charge < -0.3 is 0 Å². The third-order valence-electron chi connectivity index (χ3n) is 5.81. The number of halogens is 2. The average molecular weight is 357 g/mol. The summed E-state index contributed by atoms with van der Waals surface area (Å²) >= 11 is 0. The summed E-state index contributed by atoms with van der Waals surface area (Å²) in [6, 6.07) is 8.58. The van der Waals surface area contributed by atoms with Gasteiger partial charge in [0.25, 0.3) is 0 Å². The standard InChI is InChI=1S/C21H25F2N3/c22-19-6-1-5-18(20(19)23)14-25-10-3-7-21(15-25)8-11-26(16-21)13-17-4-2-9-24-12-17/h1-2,4-6,9,12H,3,7-8,10-11,13-16H2/t21-/m1/s1. The van der Waals surface area contributed by atoms with Crippen LogP contribution in [0.15, 0.2) is 42.7 Å². The van der Waals surface area contributed by atoms with Gasteiger partial charge in [0, 0.05) is 44.1 Å². The van der Waals surface area contributed by atoms with Crippen LogP contribution in [0.2, 0.25) is 0 Å². The summed E-state index contributed by atoms with van der Waals surface area (Å²) in [6.07, 6.45) is 7.26. The van der Waals surface area contributed by atoms with Gasteiger partial charge in [-0.25, -0.2) is 8.78 Å². The fourth-order valence-electron chi connectivity index (χ4n) is 4.60. The van der Waals surface area contributed by atoms with Gasteiger partial charge in [-0.2, -0.15) is 0 Å². The van der Waals surface area contributed by atoms with Crippen molar-refractivity contribution in [2.24, 2.45) is 5.41 Å². The van der Waals surface area contributed by atoms with E-state index in [-0.39, 0.29) is 5.41 Å². The predicted molar refractivity (Wildman–Crippen MR) is 97.4 cm³/mol. The highest BCUT2D eigenvalue weighted by Gasteiger charge is 2.41. The fraction of sp³-hybridized carbons (Fsp3) is 0.476. The Morgan fingerprint density at radius 2 is 1.81 bits per heavy atom. The highest BCUT2D eigenvalue weighted by Crippen LogP contribution is 2.39. The zero-order valence-corrected chi connectivity index (χ0v) is 15.0. The van der Waals surface area contributed by atoms with Crippen LogP contribution in [0.5, 0.6) is 0 Å². The Kier molecular flexibility index (Phi) is 5.00. The van der Waals surface area contributed by atoms with Gasteiger partial charge in [-0.3, -0.25) is 14.8 Å². The van der Waals surface area contributed by atoms with Crippen LogP contribution in [0.1, 0.15) is 30.4 Å². The van der Waals surface area contributed by atoms with Gasteiger partial charge in [0.2, 0.25) is 0 Å². The van der Waals surface area contributed by atoms with Crippen LogP contribution in [-0.2, 0) is 13.1 Å². The molecule has 0 bridgehead atoms. The topological polar surface area (TPSA) is 19.4 Å². The second-order valence-electron chi connectivity index (χ2n) is 7.85. The molecule has 2 aliphatic rings. The fourth-order valence-corrected chi connectivity index (χ4v) is 4.60. The van der Waals surface area contributed by atoms with Crippen molar-refractivity contribution in [2.45, 2.75) is 32.4 Å². The maximum Gasteiger partial charge on any atom is 0.163 e. The van der Waals surface area contributed by atoms with Crippen molar-refractivity contribution in [3.8, 4) is 0 Å². The maximum atomic E-state index is 14.0. The van der Waals surface area contributed by atoms with Gasteiger partial charge in [-0.05, 0) is 55.5 Å². The van der Waals surface area contributed by atoms with E-state index in [1.54, 1.807) is 18.3 Å². The minimum atomic E-state index is -0.752. The molecule has 3 heterocycles. The highest BCUT2D eigenvalue weighted by atomic mass is 19.2. The number of piperidine rings is 1. The summed E-state index contributed by atoms with van der Waals surface area (Å²) in [7, 11) is 0. The monoisotopic (exact) mass is 357 g/mol. The first-order valence-electron chi connectivity index (χ1n) is 9.40. The van der Waals surface area contributed by atoms with E-state index in [9.17, 15) is 8.78 Å². The van der Waals surface area contributed by atoms with Crippen molar-refractivity contribution in [3.05, 3.63) is 65.5 Å². The molecular formula is C21H25F2N3. The molecule has 138 valence electrons. The average Bonchev–Trinajstić information content (AvgIpc) is 3.01. The molecule has 1 aromatic carbocycles. The number of likely N-dealkylation sites (tertiary alicyclic amines) is 2. The smallest absolute Gasteiger partial charge is 0.163 e. The number of pyridine rings is 1. The van der Waals surface area contributed by atoms with Crippen LogP contribution in [-0.4, -0.2) is 41.0 Å². The van der Waals surface area contributed by atoms with Gasteiger partial charge in [0.15, 0.2) is 11.6 Å². The Morgan fingerprint density at radius 3 is 2.62 bits per heavy atom. The van der Waals surface area contributed by atoms with Crippen molar-refractivity contribution in [1.29, 1.82) is 0 Å². The van der Waals surface area contributed by atoms with E-state index in [1.165, 1.54) is 24.5 Å². The molecular weight excluding hydrogens is 332 g/mol. The molecule has 0 aliphatic carbocycles. The minimum absolute atomic E-state index is 0.282. The van der Waals surface area contributed by atoms with E-state index >= 15 is 0 Å². The summed E-state index contributed by atoms with van der Waals surface area (Å²) in [5.74, 6) is -1.45. The van der Waals surface area contributed by atoms with Gasteiger partial charge in [-0.1, -0.05) is 18.2 Å². The van der Waals surface area contributed by atoms with Crippen molar-refractivity contribution in [2.75, 3.05) is 26.2 Å². The van der Waals surface area contributed by atoms with Gasteiger partial charge in [0.1, 0.15) is 0 Å². The first-order valence-corrected chi connectivity index (χ1v) is 9.40. The molecule has 2 aliphatic heterocycles. The maximum absolute atomic E-state index is 14.0. The molecule has 4 rings (SSSR count). The molecule has 1 atom stereocenters. The SMILES string of the molecule is Fc1cccc(CN2CCC[C@@]3(CCN(Cc4cccnc4)C3)C2)c1F. The van der Waals surface area contributed by atoms with Crippen LogP contribution in [0.25, 0.3) is 0 Å². The zero-order chi connectivity index (χ0) is 18.0. The lowest BCUT2D eigenvalue weighted by Crippen LogP contribution is -2.44. The lowest BCUT2D eigenvalue weighted by atomic mass is 9.79. The van der Waals surface area contributed by atoms with Crippen LogP contribution in [0, 0.1) is 17.0 Å². The van der Waals surface area contributed by atoms with Crippen LogP contribution in [0.4, 0.5) is 8.78 Å². The number of benzene rings is 1. The van der Waals surface area contributed by atoms with Crippen LogP contribution >= 0.6 is 0 Å². The molecule has 1 spiro atoms. The molecule has 2 aromatic rings. The Labute approximate surface area is 153 Å². The molecule has 0 radical (unpaired) electrons. The third-order valence-corrected chi connectivity index (χ3v) is 5.81. The van der Waals surface area contributed by atoms with E-state index in [2.05, 4.69) is 20.9 Å². The number of hydrogen-bond acceptors (Lipinski definition) is 3. The molecule has 26 heavy (non-hydrogen) atoms. The molecule has 0 N–H and O–H groups in total. The summed E-state index contributed by atoms with van der Waals surface area (Å²) in [6.45, 7) is 5.52. The summed E-state index contributed by atoms with van der Waals surface area (Å²) in [4.78, 5) is 9.01. The summed E-state index contributed by atoms with van der Waals surface area (Å²) in [5, 5.41) is 0. The van der Waals surface area contributed by atoms with Crippen LogP contribution < -0.4 is 0 Å². The highest BCUT2D eigenvalue weighted by molar-refractivity contribution is 5.19. The minimum Gasteiger partial charge on any atom is -0.298 e. The Hall–Kier alpha value is -1.85. The Balaban J connectivity index is 1.39. The quantitative estimate of drug-likeness (QED) is 0.829. The summed E-state index contributed by atoms with van der Waals surface area (Å²) in [5.41, 5.74) is 2.00. The Bertz CT molecular complexity index is 752. The first-order chi connectivity index (χ1) is 12.6. The van der Waals surface area contributed by atoms with Gasteiger partial charge in [0.05, 0.1) is 0 Å². The van der Waals surface area contributed by atoms with Crippen molar-refractivity contribution in [1.82, 2.24) is 14.8 Å². The van der Waals surface area contributed by atoms with E-state index < -0.39 is 11.6 Å². The van der Waals surface area contributed by atoms with E-state index in [0.29, 0.717) is 12.1 Å². The van der Waals surface area contributed by atoms with E-state index in [4.69, 9.17) is 0 Å². The number of nitrogens with zero attached hydrogens (tertiary/aromatic N) is 3. The summed E-state index contributed by atoms with van der Waals surface area (Å²) < 4.78 is 27.5. The third kappa shape index (κ3) is 3.79. The normalized spacial score (nSPS) is 24.4. The molecule has 0 unspecified atom stereocenters. The first kappa shape index (κ1) is 17.6. The van der Waals surface area contributed by atoms with Gasteiger partial charge in [-0.15, -0.1) is 0 Å². The van der Waals surface area contributed by atoms with Crippen LogP contribution in [0.3, 0.4) is 0 Å². The predicted octanol–water partition coefficient (Wildman–Crippen LogP) is 3.85. The molecule has 5 heteroatoms. The largest absolute Gasteiger partial charge is 0.298 e. The number of hydrogen-bond donors (Lipinski definition) is 0. The molecule has 0 saturated carbocycles. The second kappa shape index (κ2) is 7.41. The second-order valence-corrected chi connectivity index (χ2v) is 7.85. The van der Waals surface area contributed by atoms with E-state index in [1.807, 2.05) is 12.3 Å². The lowest BCUT2D eigenvalue weighted by molar-refractivity contribution is 0.0856. The number of rotatable bonds is 4.